The van der Waals surface area contributed by atoms with Crippen LogP contribution in [-0.4, -0.2) is 104 Å². The maximum Gasteiger partial charge on any atom is 0.353 e. The van der Waals surface area contributed by atoms with E-state index in [0.29, 0.717) is 91.8 Å². The largest absolute Gasteiger partial charge is 0.495 e. The molecule has 17 nitrogen and oxygen atoms in total. The fourth-order valence-corrected chi connectivity index (χ4v) is 8.60. The topological polar surface area (TPSA) is 217 Å². The highest BCUT2D eigenvalue weighted by molar-refractivity contribution is 9.11. The standard InChI is InChI=1S/C21H19BrN6O3.C16H12BrN5O3/c1-30-15-3-11-6-23-5-10(11)2-14(15)26-19-16-17(22)18(27-20(16)25-9-24-19)21(29)28-7-13-4-12(28)8-31-13;1-25-10-3-8-5-18-4-7(8)2-9(10)21-14-11-12(17)13(16(23)24)22-15(11)20-6-19-14/h2-3,5,9,12-13H,4,6-8H2,1H3,(H2,24,25,26,27);2-4,6H,5H2,1H3,(H,23,24)(H2,19,20,21,22)/t12-,13-;/m0./s1. The molecular weight excluding hydrogens is 854 g/mol. The molecule has 0 aliphatic carbocycles. The number of nitrogens with zero attached hydrogens (tertiary/aromatic N) is 7. The van der Waals surface area contributed by atoms with Gasteiger partial charge in [0.05, 0.1) is 77.2 Å². The van der Waals surface area contributed by atoms with Crippen molar-refractivity contribution in [1.82, 2.24) is 34.8 Å². The van der Waals surface area contributed by atoms with Crippen LogP contribution in [0.1, 0.15) is 49.7 Å². The zero-order valence-electron chi connectivity index (χ0n) is 29.7. The first-order chi connectivity index (χ1) is 27.2. The first kappa shape index (κ1) is 35.8. The number of carbonyl (C=O) groups excluding carboxylic acids is 1. The Kier molecular flexibility index (Phi) is 9.13. The molecule has 1 amide bonds. The SMILES string of the molecule is COc1cc2c(cc1Nc1ncnc3[nH]c(C(=O)N4C[C@@H]5C[C@H]4CO5)c(Br)c13)C=NC2.COc1cc2c(cc1Nc1ncnc3[nH]c(C(=O)O)c(Br)c13)C=NC2. The third-order valence-corrected chi connectivity index (χ3v) is 11.6. The minimum absolute atomic E-state index is 0.0200. The van der Waals surface area contributed by atoms with E-state index in [1.54, 1.807) is 14.2 Å². The molecular formula is C37H31Br2N11O6. The van der Waals surface area contributed by atoms with Gasteiger partial charge >= 0.3 is 5.97 Å². The Morgan fingerprint density at radius 2 is 1.36 bits per heavy atom. The molecule has 2 atom stereocenters. The lowest BCUT2D eigenvalue weighted by molar-refractivity contribution is 0.0255. The van der Waals surface area contributed by atoms with E-state index in [1.165, 1.54) is 12.7 Å². The van der Waals surface area contributed by atoms with Crippen LogP contribution in [0.3, 0.4) is 0 Å². The number of aromatic carboxylic acids is 1. The van der Waals surface area contributed by atoms with E-state index in [2.05, 4.69) is 82.4 Å². The van der Waals surface area contributed by atoms with Gasteiger partial charge in [-0.1, -0.05) is 0 Å². The predicted octanol–water partition coefficient (Wildman–Crippen LogP) is 6.12. The Hall–Kier alpha value is -5.92. The summed E-state index contributed by atoms with van der Waals surface area (Å²) in [6, 6.07) is 7.97. The summed E-state index contributed by atoms with van der Waals surface area (Å²) in [7, 11) is 3.22. The second kappa shape index (κ2) is 14.3. The van der Waals surface area contributed by atoms with E-state index < -0.39 is 5.97 Å². The number of hydrogen-bond acceptors (Lipinski definition) is 13. The van der Waals surface area contributed by atoms with Gasteiger partial charge in [0.2, 0.25) is 0 Å². The molecule has 56 heavy (non-hydrogen) atoms. The minimum atomic E-state index is -1.08. The number of methoxy groups -OCH3 is 2. The van der Waals surface area contributed by atoms with Crippen molar-refractivity contribution in [1.29, 1.82) is 0 Å². The first-order valence-electron chi connectivity index (χ1n) is 17.4. The Bertz CT molecular complexity index is 2660. The van der Waals surface area contributed by atoms with Crippen molar-refractivity contribution in [2.24, 2.45) is 9.98 Å². The average Bonchev–Trinajstić information content (AvgIpc) is 4.07. The number of likely N-dealkylation sites (tertiary alicyclic amines) is 1. The summed E-state index contributed by atoms with van der Waals surface area (Å²) in [5.74, 6) is 1.26. The fourth-order valence-electron chi connectivity index (χ4n) is 7.31. The molecule has 284 valence electrons. The average molecular weight is 886 g/mol. The number of carbonyl (C=O) groups is 2. The van der Waals surface area contributed by atoms with Crippen LogP contribution in [0.15, 0.2) is 55.9 Å². The summed E-state index contributed by atoms with van der Waals surface area (Å²) in [5.41, 5.74) is 7.23. The van der Waals surface area contributed by atoms with Gasteiger partial charge in [0.1, 0.15) is 58.5 Å². The van der Waals surface area contributed by atoms with Crippen molar-refractivity contribution in [2.45, 2.75) is 31.7 Å². The molecule has 8 heterocycles. The molecule has 4 aliphatic heterocycles. The second-order valence-corrected chi connectivity index (χ2v) is 14.9. The molecule has 0 radical (unpaired) electrons. The number of amides is 1. The molecule has 0 saturated carbocycles. The molecule has 2 aromatic carbocycles. The predicted molar refractivity (Wildman–Crippen MR) is 214 cm³/mol. The summed E-state index contributed by atoms with van der Waals surface area (Å²) in [5, 5.41) is 17.1. The van der Waals surface area contributed by atoms with Crippen LogP contribution in [0.4, 0.5) is 23.0 Å². The molecule has 0 unspecified atom stereocenters. The number of aliphatic imine (C=N–C) groups is 2. The van der Waals surface area contributed by atoms with Crippen LogP contribution in [0.2, 0.25) is 0 Å². The molecule has 10 rings (SSSR count). The van der Waals surface area contributed by atoms with Crippen molar-refractivity contribution in [3.63, 3.8) is 0 Å². The highest BCUT2D eigenvalue weighted by Crippen LogP contribution is 2.39. The number of carboxylic acid groups (broad SMARTS) is 1. The lowest BCUT2D eigenvalue weighted by Crippen LogP contribution is -2.41. The van der Waals surface area contributed by atoms with Gasteiger partial charge in [-0.2, -0.15) is 0 Å². The van der Waals surface area contributed by atoms with Gasteiger partial charge in [0, 0.05) is 19.0 Å². The number of morpholine rings is 1. The van der Waals surface area contributed by atoms with Gasteiger partial charge in [-0.25, -0.2) is 24.7 Å². The Morgan fingerprint density at radius 3 is 1.84 bits per heavy atom. The lowest BCUT2D eigenvalue weighted by Gasteiger charge is -2.26. The Labute approximate surface area is 334 Å². The van der Waals surface area contributed by atoms with Crippen molar-refractivity contribution in [3.05, 3.63) is 79.5 Å². The summed E-state index contributed by atoms with van der Waals surface area (Å²) in [6.45, 7) is 2.51. The van der Waals surface area contributed by atoms with Gasteiger partial charge in [-0.05, 0) is 84.8 Å². The van der Waals surface area contributed by atoms with Crippen molar-refractivity contribution in [3.8, 4) is 11.5 Å². The molecule has 19 heteroatoms. The van der Waals surface area contributed by atoms with Gasteiger partial charge in [0.25, 0.3) is 5.91 Å². The number of anilines is 4. The number of nitrogens with one attached hydrogen (secondary N) is 4. The summed E-state index contributed by atoms with van der Waals surface area (Å²) in [6.07, 6.45) is 7.54. The quantitative estimate of drug-likeness (QED) is 0.117. The summed E-state index contributed by atoms with van der Waals surface area (Å²) >= 11 is 6.94. The number of benzene rings is 2. The van der Waals surface area contributed by atoms with Crippen LogP contribution >= 0.6 is 31.9 Å². The molecule has 4 aliphatic rings. The number of H-pyrrole nitrogens is 2. The molecule has 0 spiro atoms. The molecule has 2 fully saturated rings. The maximum atomic E-state index is 13.2. The molecule has 2 bridgehead atoms. The fraction of sp³-hybridized carbons (Fsp3) is 0.243. The van der Waals surface area contributed by atoms with Crippen LogP contribution < -0.4 is 20.1 Å². The molecule has 4 aromatic heterocycles. The number of fused-ring (bicyclic) bond motifs is 6. The number of aromatic nitrogens is 6. The van der Waals surface area contributed by atoms with Gasteiger partial charge in [0.15, 0.2) is 0 Å². The lowest BCUT2D eigenvalue weighted by atomic mass is 10.1. The van der Waals surface area contributed by atoms with Crippen LogP contribution in [0.25, 0.3) is 22.1 Å². The number of carboxylic acids is 1. The van der Waals surface area contributed by atoms with E-state index in [9.17, 15) is 14.7 Å². The monoisotopic (exact) mass is 883 g/mol. The number of hydrogen-bond donors (Lipinski definition) is 5. The van der Waals surface area contributed by atoms with Crippen molar-refractivity contribution >= 4 is 101 Å². The van der Waals surface area contributed by atoms with E-state index >= 15 is 0 Å². The normalized spacial score (nSPS) is 17.2. The van der Waals surface area contributed by atoms with Crippen LogP contribution in [0.5, 0.6) is 11.5 Å². The second-order valence-electron chi connectivity index (χ2n) is 13.3. The van der Waals surface area contributed by atoms with Gasteiger partial charge in [-0.3, -0.25) is 14.8 Å². The summed E-state index contributed by atoms with van der Waals surface area (Å²) < 4.78 is 17.7. The van der Waals surface area contributed by atoms with Crippen molar-refractivity contribution in [2.75, 3.05) is 38.0 Å². The minimum Gasteiger partial charge on any atom is -0.495 e. The highest BCUT2D eigenvalue weighted by atomic mass is 79.9. The van der Waals surface area contributed by atoms with Gasteiger partial charge in [-0.15, -0.1) is 0 Å². The van der Waals surface area contributed by atoms with Crippen LogP contribution in [-0.2, 0) is 17.8 Å². The van der Waals surface area contributed by atoms with Crippen molar-refractivity contribution < 1.29 is 28.9 Å². The number of rotatable bonds is 8. The smallest absolute Gasteiger partial charge is 0.353 e. The van der Waals surface area contributed by atoms with Crippen LogP contribution in [0, 0.1) is 0 Å². The van der Waals surface area contributed by atoms with E-state index in [-0.39, 0.29) is 23.7 Å². The van der Waals surface area contributed by atoms with Gasteiger partial charge < -0.3 is 44.8 Å². The third-order valence-electron chi connectivity index (χ3n) is 10.1. The molecule has 6 aromatic rings. The Balaban J connectivity index is 0.000000150. The van der Waals surface area contributed by atoms with E-state index in [1.807, 2.05) is 41.6 Å². The zero-order chi connectivity index (χ0) is 38.7. The number of ether oxygens (including phenoxy) is 3. The molecule has 5 N–H and O–H groups in total. The third kappa shape index (κ3) is 6.20. The zero-order valence-corrected chi connectivity index (χ0v) is 32.9. The summed E-state index contributed by atoms with van der Waals surface area (Å²) in [4.78, 5) is 58.1. The van der Waals surface area contributed by atoms with E-state index in [0.717, 1.165) is 34.4 Å². The van der Waals surface area contributed by atoms with E-state index in [4.69, 9.17) is 14.2 Å². The molecule has 2 saturated heterocycles. The maximum absolute atomic E-state index is 13.2. The number of halogens is 2. The highest BCUT2D eigenvalue weighted by Gasteiger charge is 2.42. The first-order valence-corrected chi connectivity index (χ1v) is 18.9. The Morgan fingerprint density at radius 1 is 0.821 bits per heavy atom. The number of aromatic amines is 2.